The number of nitrogens with zero attached hydrogens (tertiary/aromatic N) is 10. The molecule has 7 aromatic carbocycles. The van der Waals surface area contributed by atoms with Gasteiger partial charge >= 0.3 is 132 Å². The molecule has 5 unspecified atom stereocenters. The van der Waals surface area contributed by atoms with Gasteiger partial charge in [-0.1, -0.05) is 174 Å². The van der Waals surface area contributed by atoms with Crippen molar-refractivity contribution in [2.45, 2.75) is 200 Å². The Morgan fingerprint density at radius 2 is 0.708 bits per heavy atom. The van der Waals surface area contributed by atoms with E-state index in [0.29, 0.717) is 44.7 Å². The van der Waals surface area contributed by atoms with Crippen LogP contribution in [0.4, 0.5) is 28.4 Å². The third-order valence-electron chi connectivity index (χ3n) is 23.6. The number of furan rings is 3. The molecule has 5 N–H and O–H groups in total. The van der Waals surface area contributed by atoms with Gasteiger partial charge in [0.15, 0.2) is 17.3 Å². The van der Waals surface area contributed by atoms with Gasteiger partial charge in [-0.05, 0) is 95.8 Å². The Kier molecular flexibility index (Phi) is 23.5. The molecule has 0 bridgehead atoms. The summed E-state index contributed by atoms with van der Waals surface area (Å²) in [4.78, 5) is 35.2. The molecule has 18 nitrogen and oxygen atoms in total. The number of para-hydroxylation sites is 1. The summed E-state index contributed by atoms with van der Waals surface area (Å²) in [5.41, 5.74) is 8.85. The number of benzene rings is 7. The van der Waals surface area contributed by atoms with Crippen molar-refractivity contribution in [3.8, 4) is 0 Å². The molecule has 0 radical (unpaired) electrons. The van der Waals surface area contributed by atoms with Gasteiger partial charge < -0.3 is 32.9 Å². The molecule has 10 atom stereocenters. The van der Waals surface area contributed by atoms with E-state index in [-0.39, 0.29) is 57.9 Å². The quantitative estimate of drug-likeness (QED) is 0.0818. The summed E-state index contributed by atoms with van der Waals surface area (Å²) in [6, 6.07) is 52.3. The summed E-state index contributed by atoms with van der Waals surface area (Å²) >= 11 is 2.21. The molecule has 596 valence electrons. The van der Waals surface area contributed by atoms with E-state index in [4.69, 9.17) is 18.2 Å². The van der Waals surface area contributed by atoms with Crippen LogP contribution in [-0.4, -0.2) is 136 Å². The molecule has 5 aliphatic heterocycles. The van der Waals surface area contributed by atoms with Gasteiger partial charge in [0, 0.05) is 78.6 Å². The Hall–Kier alpha value is -8.95. The van der Waals surface area contributed by atoms with Crippen LogP contribution in [0.1, 0.15) is 196 Å². The molecule has 5 aliphatic rings. The van der Waals surface area contributed by atoms with Crippen LogP contribution in [0.3, 0.4) is 0 Å². The van der Waals surface area contributed by atoms with Crippen LogP contribution in [0.5, 0.6) is 0 Å². The van der Waals surface area contributed by atoms with Crippen molar-refractivity contribution in [3.05, 3.63) is 172 Å². The molecule has 10 heterocycles. The molecule has 113 heavy (non-hydrogen) atoms. The van der Waals surface area contributed by atoms with E-state index in [0.717, 1.165) is 78.3 Å². The zero-order chi connectivity index (χ0) is 81.1. The van der Waals surface area contributed by atoms with Gasteiger partial charge in [0.2, 0.25) is 0 Å². The molecule has 0 aliphatic carbocycles. The smallest absolute Gasteiger partial charge is 0.168 e. The molecule has 0 amide bonds. The van der Waals surface area contributed by atoms with E-state index < -0.39 is 0 Å². The van der Waals surface area contributed by atoms with Crippen molar-refractivity contribution in [1.29, 1.82) is 0 Å². The zero-order valence-corrected chi connectivity index (χ0v) is 73.6. The van der Waals surface area contributed by atoms with E-state index >= 15 is 0 Å². The molecule has 0 saturated heterocycles. The van der Waals surface area contributed by atoms with Crippen LogP contribution in [0.25, 0.3) is 74.2 Å². The predicted octanol–water partition coefficient (Wildman–Crippen LogP) is 22.5. The molecule has 17 rings (SSSR count). The van der Waals surface area contributed by atoms with Crippen molar-refractivity contribution in [2.24, 2.45) is 52.0 Å². The van der Waals surface area contributed by atoms with Crippen LogP contribution in [-0.2, 0) is 0 Å². The Balaban J connectivity index is 0.000000124. The third kappa shape index (κ3) is 17.2. The number of rotatable bonds is 10. The van der Waals surface area contributed by atoms with E-state index in [1.807, 2.05) is 82.4 Å². The maximum atomic E-state index is 6.38. The number of aliphatic imine (C=N–C) groups is 5. The van der Waals surface area contributed by atoms with Gasteiger partial charge in [-0.3, -0.25) is 21.3 Å². The fourth-order valence-corrected chi connectivity index (χ4v) is 17.8. The van der Waals surface area contributed by atoms with Crippen LogP contribution >= 0.6 is 11.3 Å². The first-order chi connectivity index (χ1) is 53.3. The monoisotopic (exact) mass is 1610 g/mol. The molecule has 0 fully saturated rings. The Morgan fingerprint density at radius 1 is 0.336 bits per heavy atom. The van der Waals surface area contributed by atoms with Crippen LogP contribution in [0, 0.1) is 27.1 Å². The maximum Gasteiger partial charge on any atom is 0.168 e. The largest absolute Gasteiger partial charge is 0.455 e. The topological polar surface area (TPSA) is 178 Å². The van der Waals surface area contributed by atoms with Gasteiger partial charge in [0.1, 0.15) is 58.5 Å². The van der Waals surface area contributed by atoms with Crippen LogP contribution in [0.2, 0.25) is 0 Å². The normalized spacial score (nSPS) is 19.4. The fraction of sp³-hybridized carbons (Fsp3) is 0.430. The number of thiophene rings is 1. The van der Waals surface area contributed by atoms with Crippen molar-refractivity contribution in [1.82, 2.24) is 51.1 Å². The van der Waals surface area contributed by atoms with Crippen molar-refractivity contribution < 1.29 is 13.3 Å². The SMILES string of the molecule is C[C@@H](NC1c2[se]c3ccccc3c2N=CN1C)C(C)(C)C.C[C@@H](NC1c2oc3c(ccc4ccccc43)c2N=CN1C)C(C)(C)C.C[C@@H](NC1c2oc3ccc4ccccc4c3c2N=CN1C)C(C)(C)C.C[C@@H](NC1c2oc3ccccc3c2N=CN1C)C(C)(C)C.C[C@@H](NC1c2sc3ccccc3c2N=CN1C)C(C)(C)C. The first kappa shape index (κ1) is 82.0. The van der Waals surface area contributed by atoms with Gasteiger partial charge in [0.05, 0.1) is 41.3 Å². The van der Waals surface area contributed by atoms with Crippen molar-refractivity contribution >= 4 is 160 Å². The second kappa shape index (κ2) is 32.4. The van der Waals surface area contributed by atoms with E-state index in [9.17, 15) is 0 Å². The Bertz CT molecular complexity index is 5240. The molecule has 20 heteroatoms. The first-order valence-corrected chi connectivity index (χ1v) is 42.4. The summed E-state index contributed by atoms with van der Waals surface area (Å²) in [5.74, 6) is 2.69. The maximum absolute atomic E-state index is 6.38. The van der Waals surface area contributed by atoms with Crippen molar-refractivity contribution in [2.75, 3.05) is 35.2 Å². The van der Waals surface area contributed by atoms with Gasteiger partial charge in [0.25, 0.3) is 0 Å². The second-order valence-corrected chi connectivity index (χ2v) is 40.1. The minimum absolute atomic E-state index is 0.0131. The zero-order valence-electron chi connectivity index (χ0n) is 71.0. The minimum atomic E-state index is -0.0205. The van der Waals surface area contributed by atoms with Crippen molar-refractivity contribution in [3.63, 3.8) is 0 Å². The van der Waals surface area contributed by atoms with E-state index in [1.165, 1.54) is 50.9 Å². The average molecular weight is 1610 g/mol. The van der Waals surface area contributed by atoms with E-state index in [2.05, 4.69) is 351 Å². The standard InChI is InChI=1S/2C21H25N3O.C17H23N3O.C17H23N3S.C17H23N3Se/c1-13(21(2,3)4)23-20-19-17(22-12-24(20)5)16-11-10-14-8-6-7-9-15(14)18(16)25-19;1-13(21(2,3)4)23-20-19-18(22-12-24(20)5)17-15-9-7-6-8-14(15)10-11-16(17)25-19;3*1-11(17(2,3)4)19-16-15-14(18-10-20(16)5)12-8-6-7-9-13(12)21-15/h2*6-13,20,23H,1-5H3;3*6-11,16,19H,1-5H3/t2*13-,20?;3*11-,16?/m11111/s1. The third-order valence-corrected chi connectivity index (χ3v) is 27.4. The van der Waals surface area contributed by atoms with Crippen LogP contribution in [0.15, 0.2) is 184 Å². The molecule has 0 spiro atoms. The van der Waals surface area contributed by atoms with Gasteiger partial charge in [-0.25, -0.2) is 20.0 Å². The predicted molar refractivity (Wildman–Crippen MR) is 480 cm³/mol. The molecular weight excluding hydrogens is 1490 g/mol. The summed E-state index contributed by atoms with van der Waals surface area (Å²) in [7, 11) is 10.3. The van der Waals surface area contributed by atoms with Crippen LogP contribution < -0.4 is 26.6 Å². The number of hydrogen-bond donors (Lipinski definition) is 5. The van der Waals surface area contributed by atoms with Gasteiger partial charge in [-0.15, -0.1) is 11.3 Å². The Labute approximate surface area is 679 Å². The minimum Gasteiger partial charge on any atom is -0.455 e. The number of hydrogen-bond acceptors (Lipinski definition) is 19. The Morgan fingerprint density at radius 3 is 1.26 bits per heavy atom. The molecule has 12 aromatic rings. The summed E-state index contributed by atoms with van der Waals surface area (Å²) in [6.07, 6.45) is 9.99. The summed E-state index contributed by atoms with van der Waals surface area (Å²) in [6.45, 7) is 45.0. The summed E-state index contributed by atoms with van der Waals surface area (Å²) in [5, 5.41) is 29.2. The molecule has 0 saturated carbocycles. The second-order valence-electron chi connectivity index (χ2n) is 36.7. The molecule has 5 aromatic heterocycles. The fourth-order valence-electron chi connectivity index (χ4n) is 13.8. The number of nitrogens with one attached hydrogen (secondary N) is 5. The number of fused-ring (bicyclic) bond motifs is 19. The van der Waals surface area contributed by atoms with Gasteiger partial charge in [-0.2, -0.15) is 0 Å². The summed E-state index contributed by atoms with van der Waals surface area (Å²) < 4.78 is 23.0. The average Bonchev–Trinajstić information content (AvgIpc) is 1.58. The van der Waals surface area contributed by atoms with E-state index in [1.54, 1.807) is 0 Å². The molecular formula is C93H119N15O3SSe. The first-order valence-electron chi connectivity index (χ1n) is 39.9.